The van der Waals surface area contributed by atoms with E-state index in [2.05, 4.69) is 103 Å². The van der Waals surface area contributed by atoms with E-state index in [1.165, 1.54) is 16.7 Å². The Labute approximate surface area is 152 Å². The molecule has 0 bridgehead atoms. The maximum absolute atomic E-state index is 3.73. The standard InChI is InChI=1S/C18H19Br3/c1-2-14-3-5-15(6-4-14)11-18(12-19,13-20)16-7-9-17(21)10-8-16/h3-10H,2,11-13H2,1H3. The molecule has 112 valence electrons. The van der Waals surface area contributed by atoms with Crippen molar-refractivity contribution in [1.29, 1.82) is 0 Å². The van der Waals surface area contributed by atoms with Crippen LogP contribution in [0.15, 0.2) is 53.0 Å². The van der Waals surface area contributed by atoms with Crippen molar-refractivity contribution in [3.05, 3.63) is 69.7 Å². The fourth-order valence-electron chi connectivity index (χ4n) is 2.47. The average molecular weight is 475 g/mol. The van der Waals surface area contributed by atoms with Gasteiger partial charge in [-0.1, -0.05) is 91.1 Å². The topological polar surface area (TPSA) is 0 Å². The van der Waals surface area contributed by atoms with Crippen LogP contribution in [0.4, 0.5) is 0 Å². The van der Waals surface area contributed by atoms with Gasteiger partial charge in [0.15, 0.2) is 0 Å². The third kappa shape index (κ3) is 4.20. The number of benzene rings is 2. The van der Waals surface area contributed by atoms with Gasteiger partial charge in [0.1, 0.15) is 0 Å². The molecule has 0 radical (unpaired) electrons. The molecule has 0 heterocycles. The molecule has 0 amide bonds. The molecule has 0 nitrogen and oxygen atoms in total. The minimum Gasteiger partial charge on any atom is -0.0918 e. The molecule has 0 N–H and O–H groups in total. The van der Waals surface area contributed by atoms with Crippen LogP contribution in [-0.2, 0) is 18.3 Å². The van der Waals surface area contributed by atoms with Crippen LogP contribution >= 0.6 is 47.8 Å². The van der Waals surface area contributed by atoms with E-state index in [4.69, 9.17) is 0 Å². The van der Waals surface area contributed by atoms with E-state index in [-0.39, 0.29) is 5.41 Å². The highest BCUT2D eigenvalue weighted by Gasteiger charge is 2.30. The summed E-state index contributed by atoms with van der Waals surface area (Å²) in [6, 6.07) is 17.7. The molecule has 0 saturated heterocycles. The highest BCUT2D eigenvalue weighted by Crippen LogP contribution is 2.33. The lowest BCUT2D eigenvalue weighted by Crippen LogP contribution is -2.32. The molecule has 0 atom stereocenters. The first-order valence-electron chi connectivity index (χ1n) is 7.09. The van der Waals surface area contributed by atoms with Crippen LogP contribution in [0.25, 0.3) is 0 Å². The van der Waals surface area contributed by atoms with E-state index in [9.17, 15) is 0 Å². The summed E-state index contributed by atoms with van der Waals surface area (Å²) in [6.45, 7) is 2.19. The smallest absolute Gasteiger partial charge is 0.0187 e. The molecule has 0 aromatic heterocycles. The Kier molecular flexibility index (Phi) is 6.51. The summed E-state index contributed by atoms with van der Waals surface area (Å²) in [5.41, 5.74) is 4.22. The van der Waals surface area contributed by atoms with Crippen LogP contribution in [-0.4, -0.2) is 10.7 Å². The SMILES string of the molecule is CCc1ccc(CC(CBr)(CBr)c2ccc(Br)cc2)cc1. The van der Waals surface area contributed by atoms with Crippen molar-refractivity contribution in [2.75, 3.05) is 10.7 Å². The van der Waals surface area contributed by atoms with Crippen LogP contribution in [0.1, 0.15) is 23.6 Å². The zero-order chi connectivity index (χ0) is 15.3. The molecule has 0 aliphatic heterocycles. The number of hydrogen-bond acceptors (Lipinski definition) is 0. The molecule has 0 unspecified atom stereocenters. The summed E-state index contributed by atoms with van der Waals surface area (Å²) < 4.78 is 1.12. The van der Waals surface area contributed by atoms with Crippen LogP contribution < -0.4 is 0 Å². The van der Waals surface area contributed by atoms with Crippen molar-refractivity contribution < 1.29 is 0 Å². The molecule has 2 aromatic rings. The third-order valence-electron chi connectivity index (χ3n) is 3.94. The number of hydrogen-bond donors (Lipinski definition) is 0. The lowest BCUT2D eigenvalue weighted by Gasteiger charge is -2.31. The van der Waals surface area contributed by atoms with Crippen LogP contribution in [0, 0.1) is 0 Å². The minimum absolute atomic E-state index is 0.0778. The Morgan fingerprint density at radius 1 is 0.810 bits per heavy atom. The summed E-state index contributed by atoms with van der Waals surface area (Å²) >= 11 is 11.0. The Morgan fingerprint density at radius 3 is 1.81 bits per heavy atom. The number of alkyl halides is 2. The van der Waals surface area contributed by atoms with Gasteiger partial charge in [-0.3, -0.25) is 0 Å². The predicted molar refractivity (Wildman–Crippen MR) is 103 cm³/mol. The van der Waals surface area contributed by atoms with E-state index >= 15 is 0 Å². The van der Waals surface area contributed by atoms with E-state index in [1.54, 1.807) is 0 Å². The third-order valence-corrected chi connectivity index (χ3v) is 6.62. The highest BCUT2D eigenvalue weighted by atomic mass is 79.9. The summed E-state index contributed by atoms with van der Waals surface area (Å²) in [5.74, 6) is 0. The van der Waals surface area contributed by atoms with E-state index in [0.29, 0.717) is 0 Å². The van der Waals surface area contributed by atoms with Crippen molar-refractivity contribution in [2.45, 2.75) is 25.2 Å². The average Bonchev–Trinajstić information content (AvgIpc) is 2.54. The second-order valence-corrected chi connectivity index (χ2v) is 7.44. The maximum Gasteiger partial charge on any atom is 0.0187 e. The summed E-state index contributed by atoms with van der Waals surface area (Å²) in [5, 5.41) is 1.87. The van der Waals surface area contributed by atoms with Crippen molar-refractivity contribution in [1.82, 2.24) is 0 Å². The number of rotatable bonds is 6. The van der Waals surface area contributed by atoms with Gasteiger partial charge in [0.2, 0.25) is 0 Å². The van der Waals surface area contributed by atoms with Crippen LogP contribution in [0.3, 0.4) is 0 Å². The first-order chi connectivity index (χ1) is 10.1. The molecular formula is C18H19Br3. The van der Waals surface area contributed by atoms with Gasteiger partial charge in [-0.25, -0.2) is 0 Å². The van der Waals surface area contributed by atoms with Crippen molar-refractivity contribution in [2.24, 2.45) is 0 Å². The minimum atomic E-state index is 0.0778. The van der Waals surface area contributed by atoms with Crippen molar-refractivity contribution in [3.63, 3.8) is 0 Å². The molecule has 0 saturated carbocycles. The molecule has 0 aliphatic carbocycles. The number of halogens is 3. The van der Waals surface area contributed by atoms with Gasteiger partial charge in [0.05, 0.1) is 0 Å². The lowest BCUT2D eigenvalue weighted by atomic mass is 9.79. The monoisotopic (exact) mass is 472 g/mol. The van der Waals surface area contributed by atoms with Gasteiger partial charge in [-0.05, 0) is 41.7 Å². The number of aryl methyl sites for hydroxylation is 1. The fourth-order valence-corrected chi connectivity index (χ4v) is 4.71. The molecular weight excluding hydrogens is 456 g/mol. The normalized spacial score (nSPS) is 11.6. The summed E-state index contributed by atoms with van der Waals surface area (Å²) in [6.07, 6.45) is 2.12. The Balaban J connectivity index is 2.30. The first-order valence-corrected chi connectivity index (χ1v) is 10.1. The van der Waals surface area contributed by atoms with E-state index in [0.717, 1.165) is 28.0 Å². The van der Waals surface area contributed by atoms with E-state index in [1.807, 2.05) is 0 Å². The Morgan fingerprint density at radius 2 is 1.33 bits per heavy atom. The molecule has 21 heavy (non-hydrogen) atoms. The van der Waals surface area contributed by atoms with Crippen molar-refractivity contribution >= 4 is 47.8 Å². The molecule has 3 heteroatoms. The first kappa shape index (κ1) is 17.2. The predicted octanol–water partition coefficient (Wildman–Crippen LogP) is 6.28. The van der Waals surface area contributed by atoms with Crippen molar-refractivity contribution in [3.8, 4) is 0 Å². The lowest BCUT2D eigenvalue weighted by molar-refractivity contribution is 0.551. The summed E-state index contributed by atoms with van der Waals surface area (Å²) in [7, 11) is 0. The second kappa shape index (κ2) is 7.94. The van der Waals surface area contributed by atoms with Crippen LogP contribution in [0.5, 0.6) is 0 Å². The Hall–Kier alpha value is -0.120. The molecule has 2 aromatic carbocycles. The quantitative estimate of drug-likeness (QED) is 0.432. The van der Waals surface area contributed by atoms with Gasteiger partial charge >= 0.3 is 0 Å². The van der Waals surface area contributed by atoms with Gasteiger partial charge in [-0.15, -0.1) is 0 Å². The second-order valence-electron chi connectivity index (χ2n) is 5.40. The van der Waals surface area contributed by atoms with Gasteiger partial charge < -0.3 is 0 Å². The molecule has 2 rings (SSSR count). The molecule has 0 spiro atoms. The highest BCUT2D eigenvalue weighted by molar-refractivity contribution is 9.10. The zero-order valence-electron chi connectivity index (χ0n) is 12.1. The van der Waals surface area contributed by atoms with Gasteiger partial charge in [0.25, 0.3) is 0 Å². The molecule has 0 fully saturated rings. The summed E-state index contributed by atoms with van der Waals surface area (Å²) in [4.78, 5) is 0. The maximum atomic E-state index is 3.73. The largest absolute Gasteiger partial charge is 0.0918 e. The van der Waals surface area contributed by atoms with Gasteiger partial charge in [-0.2, -0.15) is 0 Å². The van der Waals surface area contributed by atoms with E-state index < -0.39 is 0 Å². The Bertz CT molecular complexity index is 554. The zero-order valence-corrected chi connectivity index (χ0v) is 16.8. The van der Waals surface area contributed by atoms with Gasteiger partial charge in [0, 0.05) is 20.5 Å². The molecule has 0 aliphatic rings. The van der Waals surface area contributed by atoms with Crippen LogP contribution in [0.2, 0.25) is 0 Å². The fraction of sp³-hybridized carbons (Fsp3) is 0.333.